The van der Waals surface area contributed by atoms with Crippen LogP contribution < -0.4 is 5.43 Å². The molecule has 0 aromatic heterocycles. The zero-order valence-electron chi connectivity index (χ0n) is 12.2. The van der Waals surface area contributed by atoms with Crippen molar-refractivity contribution in [1.82, 2.24) is 5.43 Å². The lowest BCUT2D eigenvalue weighted by Gasteiger charge is -2.18. The normalized spacial score (nSPS) is 14.9. The van der Waals surface area contributed by atoms with Gasteiger partial charge in [-0.05, 0) is 29.3 Å². The Labute approximate surface area is 134 Å². The van der Waals surface area contributed by atoms with E-state index in [-0.39, 0.29) is 30.0 Å². The first-order valence-electron chi connectivity index (χ1n) is 6.94. The molecular weight excluding hydrogens is 328 g/mol. The first kappa shape index (κ1) is 16.3. The van der Waals surface area contributed by atoms with E-state index < -0.39 is 23.3 Å². The van der Waals surface area contributed by atoms with Crippen LogP contribution in [-0.2, 0) is 10.9 Å². The maximum absolute atomic E-state index is 13.4. The number of nitrogens with zero attached hydrogens (tertiary/aromatic N) is 1. The highest BCUT2D eigenvalue weighted by Gasteiger charge is 2.34. The number of hydrogen-bond donors (Lipinski definition) is 2. The average Bonchev–Trinajstić information content (AvgIpc) is 2.57. The molecule has 0 aliphatic carbocycles. The molecule has 1 heterocycles. The molecule has 24 heavy (non-hydrogen) atoms. The molecule has 0 saturated heterocycles. The van der Waals surface area contributed by atoms with Gasteiger partial charge in [-0.2, -0.15) is 18.3 Å². The van der Waals surface area contributed by atoms with E-state index in [2.05, 4.69) is 10.5 Å². The summed E-state index contributed by atoms with van der Waals surface area (Å²) in [5.41, 5.74) is 2.18. The average molecular weight is 340 g/mol. The fourth-order valence-corrected chi connectivity index (χ4v) is 2.39. The summed E-state index contributed by atoms with van der Waals surface area (Å²) in [6.45, 7) is 0.295. The quantitative estimate of drug-likeness (QED) is 0.823. The van der Waals surface area contributed by atoms with Gasteiger partial charge < -0.3 is 9.84 Å². The number of rotatable bonds is 2. The van der Waals surface area contributed by atoms with Crippen LogP contribution in [0.2, 0.25) is 0 Å². The van der Waals surface area contributed by atoms with Crippen molar-refractivity contribution in [1.29, 1.82) is 0 Å². The Morgan fingerprint density at radius 2 is 1.83 bits per heavy atom. The zero-order valence-corrected chi connectivity index (χ0v) is 12.2. The van der Waals surface area contributed by atoms with Gasteiger partial charge in [0, 0.05) is 5.56 Å². The molecule has 0 atom stereocenters. The molecule has 3 rings (SSSR count). The third kappa shape index (κ3) is 3.18. The monoisotopic (exact) mass is 340 g/mol. The molecular formula is C16H12F4N2O2. The van der Waals surface area contributed by atoms with E-state index in [1.165, 1.54) is 18.2 Å². The Morgan fingerprint density at radius 3 is 2.46 bits per heavy atom. The molecule has 0 amide bonds. The topological polar surface area (TPSA) is 53.9 Å². The molecule has 1 aliphatic rings. The van der Waals surface area contributed by atoms with E-state index in [1.54, 1.807) is 0 Å². The number of halogens is 4. The largest absolute Gasteiger partial charge is 0.505 e. The highest BCUT2D eigenvalue weighted by atomic mass is 19.4. The smallest absolute Gasteiger partial charge is 0.417 e. The molecule has 2 N–H and O–H groups in total. The summed E-state index contributed by atoms with van der Waals surface area (Å²) in [7, 11) is 0. The number of nitrogens with one attached hydrogen (secondary N) is 1. The molecule has 2 aromatic rings. The minimum absolute atomic E-state index is 0.0627. The van der Waals surface area contributed by atoms with Crippen molar-refractivity contribution in [3.8, 4) is 16.9 Å². The van der Waals surface area contributed by atoms with Crippen molar-refractivity contribution in [2.75, 3.05) is 13.3 Å². The Kier molecular flexibility index (Phi) is 4.15. The second kappa shape index (κ2) is 6.12. The first-order valence-corrected chi connectivity index (χ1v) is 6.94. The zero-order chi connectivity index (χ0) is 17.3. The molecule has 4 nitrogen and oxygen atoms in total. The number of benzene rings is 2. The number of alkyl halides is 3. The summed E-state index contributed by atoms with van der Waals surface area (Å²) >= 11 is 0. The van der Waals surface area contributed by atoms with Crippen LogP contribution in [0.5, 0.6) is 5.75 Å². The number of aromatic hydroxyl groups is 1. The molecule has 1 aliphatic heterocycles. The maximum atomic E-state index is 13.4. The maximum Gasteiger partial charge on any atom is 0.417 e. The molecule has 0 unspecified atom stereocenters. The third-order valence-electron chi connectivity index (χ3n) is 3.53. The first-order chi connectivity index (χ1) is 11.4. The van der Waals surface area contributed by atoms with Crippen molar-refractivity contribution in [2.24, 2.45) is 5.10 Å². The van der Waals surface area contributed by atoms with E-state index in [1.807, 2.05) is 0 Å². The molecule has 0 spiro atoms. The summed E-state index contributed by atoms with van der Waals surface area (Å²) in [6.07, 6.45) is -4.63. The number of hydrogen-bond acceptors (Lipinski definition) is 4. The standard InChI is InChI=1S/C16H12F4N2O2/c17-13-4-2-9(6-15(13)23)11-3-1-10(5-12(11)16(18,19)20)14-7-24-8-21-22-14/h1-6,21,23H,7-8H2. The summed E-state index contributed by atoms with van der Waals surface area (Å²) in [5, 5.41) is 13.3. The fraction of sp³-hybridized carbons (Fsp3) is 0.188. The van der Waals surface area contributed by atoms with Crippen LogP contribution in [0.3, 0.4) is 0 Å². The Morgan fingerprint density at radius 1 is 1.08 bits per heavy atom. The van der Waals surface area contributed by atoms with E-state index in [0.29, 0.717) is 5.71 Å². The lowest BCUT2D eigenvalue weighted by Crippen LogP contribution is -2.26. The minimum atomic E-state index is -4.63. The van der Waals surface area contributed by atoms with Gasteiger partial charge in [0.25, 0.3) is 0 Å². The number of ether oxygens (including phenoxy) is 1. The number of phenols is 1. The van der Waals surface area contributed by atoms with Crippen molar-refractivity contribution in [3.63, 3.8) is 0 Å². The predicted octanol–water partition coefficient (Wildman–Crippen LogP) is 3.50. The molecule has 0 radical (unpaired) electrons. The molecule has 0 bridgehead atoms. The van der Waals surface area contributed by atoms with Crippen molar-refractivity contribution in [3.05, 3.63) is 53.3 Å². The van der Waals surface area contributed by atoms with Crippen LogP contribution in [0.15, 0.2) is 41.5 Å². The van der Waals surface area contributed by atoms with E-state index >= 15 is 0 Å². The van der Waals surface area contributed by atoms with Crippen molar-refractivity contribution >= 4 is 5.71 Å². The van der Waals surface area contributed by atoms with E-state index in [0.717, 1.165) is 18.2 Å². The Bertz CT molecular complexity index is 803. The summed E-state index contributed by atoms with van der Waals surface area (Å²) in [4.78, 5) is 0. The van der Waals surface area contributed by atoms with E-state index in [9.17, 15) is 22.7 Å². The van der Waals surface area contributed by atoms with Gasteiger partial charge >= 0.3 is 6.18 Å². The lowest BCUT2D eigenvalue weighted by atomic mass is 9.95. The van der Waals surface area contributed by atoms with Crippen LogP contribution in [-0.4, -0.2) is 24.2 Å². The van der Waals surface area contributed by atoms with Gasteiger partial charge in [0.2, 0.25) is 0 Å². The number of hydrazone groups is 1. The molecule has 2 aromatic carbocycles. The van der Waals surface area contributed by atoms with Gasteiger partial charge in [-0.3, -0.25) is 5.43 Å². The van der Waals surface area contributed by atoms with Crippen LogP contribution in [0.25, 0.3) is 11.1 Å². The second-order valence-corrected chi connectivity index (χ2v) is 5.13. The summed E-state index contributed by atoms with van der Waals surface area (Å²) in [5.74, 6) is -1.61. The van der Waals surface area contributed by atoms with Gasteiger partial charge in [-0.15, -0.1) is 0 Å². The fourth-order valence-electron chi connectivity index (χ4n) is 2.39. The van der Waals surface area contributed by atoms with Crippen LogP contribution >= 0.6 is 0 Å². The number of phenolic OH excluding ortho intramolecular Hbond substituents is 1. The second-order valence-electron chi connectivity index (χ2n) is 5.13. The van der Waals surface area contributed by atoms with Gasteiger partial charge in [-0.25, -0.2) is 4.39 Å². The third-order valence-corrected chi connectivity index (χ3v) is 3.53. The van der Waals surface area contributed by atoms with Gasteiger partial charge in [-0.1, -0.05) is 18.2 Å². The molecule has 8 heteroatoms. The summed E-state index contributed by atoms with van der Waals surface area (Å²) < 4.78 is 58.6. The SMILES string of the molecule is Oc1cc(-c2ccc(C3=NNCOC3)cc2C(F)(F)F)ccc1F. The highest BCUT2D eigenvalue weighted by Crippen LogP contribution is 2.39. The van der Waals surface area contributed by atoms with Crippen molar-refractivity contribution in [2.45, 2.75) is 6.18 Å². The van der Waals surface area contributed by atoms with E-state index in [4.69, 9.17) is 4.74 Å². The minimum Gasteiger partial charge on any atom is -0.505 e. The Balaban J connectivity index is 2.12. The molecule has 126 valence electrons. The molecule has 0 fully saturated rings. The molecule has 0 saturated carbocycles. The van der Waals surface area contributed by atoms with Crippen LogP contribution in [0.4, 0.5) is 17.6 Å². The lowest BCUT2D eigenvalue weighted by molar-refractivity contribution is -0.137. The predicted molar refractivity (Wildman–Crippen MR) is 79.0 cm³/mol. The van der Waals surface area contributed by atoms with Gasteiger partial charge in [0.15, 0.2) is 11.6 Å². The van der Waals surface area contributed by atoms with Gasteiger partial charge in [0.05, 0.1) is 17.9 Å². The van der Waals surface area contributed by atoms with Crippen LogP contribution in [0, 0.1) is 5.82 Å². The van der Waals surface area contributed by atoms with Crippen molar-refractivity contribution < 1.29 is 27.4 Å². The van der Waals surface area contributed by atoms with Gasteiger partial charge in [0.1, 0.15) is 6.73 Å². The van der Waals surface area contributed by atoms with Crippen LogP contribution in [0.1, 0.15) is 11.1 Å². The Hall–Kier alpha value is -2.61. The summed E-state index contributed by atoms with van der Waals surface area (Å²) in [6, 6.07) is 6.76. The highest BCUT2D eigenvalue weighted by molar-refractivity contribution is 6.02.